The predicted molar refractivity (Wildman–Crippen MR) is 101 cm³/mol. The zero-order valence-electron chi connectivity index (χ0n) is 15.1. The maximum Gasteiger partial charge on any atom is 0.417 e. The molecule has 0 bridgehead atoms. The van der Waals surface area contributed by atoms with Gasteiger partial charge in [-0.2, -0.15) is 0 Å². The van der Waals surface area contributed by atoms with E-state index in [1.807, 2.05) is 13.8 Å². The van der Waals surface area contributed by atoms with Crippen LogP contribution >= 0.6 is 0 Å². The molecule has 0 unspecified atom stereocenters. The highest BCUT2D eigenvalue weighted by Crippen LogP contribution is 2.18. The summed E-state index contributed by atoms with van der Waals surface area (Å²) in [7, 11) is 0. The zero-order chi connectivity index (χ0) is 19.4. The Bertz CT molecular complexity index is 1010. The molecule has 0 aliphatic rings. The average molecular weight is 368 g/mol. The summed E-state index contributed by atoms with van der Waals surface area (Å²) < 4.78 is 10.5. The first-order valence-corrected chi connectivity index (χ1v) is 8.63. The van der Waals surface area contributed by atoms with Crippen LogP contribution < -0.4 is 15.8 Å². The molecule has 3 rings (SSSR count). The van der Waals surface area contributed by atoms with Gasteiger partial charge in [0, 0.05) is 24.1 Å². The van der Waals surface area contributed by atoms with Crippen molar-refractivity contribution in [1.82, 2.24) is 4.98 Å². The SMILES string of the molecule is CC(C)Oc1ccc(NC(=O)CCC(=O)c2ccc3[nH]c(=O)oc3c2)cc1. The van der Waals surface area contributed by atoms with E-state index < -0.39 is 5.76 Å². The molecule has 0 saturated carbocycles. The summed E-state index contributed by atoms with van der Waals surface area (Å²) in [5.74, 6) is -0.296. The number of hydrogen-bond donors (Lipinski definition) is 2. The molecule has 0 saturated heterocycles. The van der Waals surface area contributed by atoms with Crippen LogP contribution in [-0.2, 0) is 4.79 Å². The third kappa shape index (κ3) is 4.84. The van der Waals surface area contributed by atoms with E-state index in [-0.39, 0.29) is 30.6 Å². The van der Waals surface area contributed by atoms with Gasteiger partial charge in [-0.1, -0.05) is 0 Å². The maximum atomic E-state index is 12.3. The number of ether oxygens (including phenoxy) is 1. The summed E-state index contributed by atoms with van der Waals surface area (Å²) in [5, 5.41) is 2.75. The topological polar surface area (TPSA) is 101 Å². The normalized spacial score (nSPS) is 10.9. The van der Waals surface area contributed by atoms with Gasteiger partial charge in [0.05, 0.1) is 11.6 Å². The van der Waals surface area contributed by atoms with Crippen LogP contribution in [0.15, 0.2) is 51.7 Å². The molecule has 1 heterocycles. The van der Waals surface area contributed by atoms with Gasteiger partial charge in [0.1, 0.15) is 5.75 Å². The lowest BCUT2D eigenvalue weighted by Crippen LogP contribution is -2.13. The standard InChI is InChI=1S/C20H20N2O5/c1-12(2)26-15-6-4-14(5-7-15)21-19(24)10-9-17(23)13-3-8-16-18(11-13)27-20(25)22-16/h3-8,11-12H,9-10H2,1-2H3,(H,21,24)(H,22,25). The van der Waals surface area contributed by atoms with Gasteiger partial charge in [0.25, 0.3) is 0 Å². The third-order valence-corrected chi connectivity index (χ3v) is 3.83. The van der Waals surface area contributed by atoms with E-state index in [0.29, 0.717) is 22.4 Å². The van der Waals surface area contributed by atoms with Gasteiger partial charge in [0.15, 0.2) is 11.4 Å². The number of carbonyl (C=O) groups excluding carboxylic acids is 2. The maximum absolute atomic E-state index is 12.3. The van der Waals surface area contributed by atoms with Gasteiger partial charge in [-0.3, -0.25) is 14.6 Å². The van der Waals surface area contributed by atoms with E-state index in [9.17, 15) is 14.4 Å². The minimum Gasteiger partial charge on any atom is -0.491 e. The number of fused-ring (bicyclic) bond motifs is 1. The number of oxazole rings is 1. The van der Waals surface area contributed by atoms with E-state index >= 15 is 0 Å². The number of anilines is 1. The number of Topliss-reactive ketones (excluding diaryl/α,β-unsaturated/α-hetero) is 1. The summed E-state index contributed by atoms with van der Waals surface area (Å²) in [5.41, 5.74) is 1.88. The second-order valence-electron chi connectivity index (χ2n) is 6.39. The number of rotatable bonds is 7. The Hall–Kier alpha value is -3.35. The molecule has 0 radical (unpaired) electrons. The molecule has 0 aliphatic heterocycles. The summed E-state index contributed by atoms with van der Waals surface area (Å²) in [6.07, 6.45) is 0.189. The third-order valence-electron chi connectivity index (χ3n) is 3.83. The van der Waals surface area contributed by atoms with Gasteiger partial charge in [-0.05, 0) is 56.3 Å². The van der Waals surface area contributed by atoms with E-state index in [0.717, 1.165) is 5.75 Å². The van der Waals surface area contributed by atoms with E-state index in [1.165, 1.54) is 6.07 Å². The lowest BCUT2D eigenvalue weighted by molar-refractivity contribution is -0.116. The minimum atomic E-state index is -0.571. The van der Waals surface area contributed by atoms with Gasteiger partial charge in [-0.25, -0.2) is 4.79 Å². The fourth-order valence-corrected chi connectivity index (χ4v) is 2.60. The summed E-state index contributed by atoms with van der Waals surface area (Å²) in [6, 6.07) is 11.8. The van der Waals surface area contributed by atoms with Crippen molar-refractivity contribution in [2.75, 3.05) is 5.32 Å². The fourth-order valence-electron chi connectivity index (χ4n) is 2.60. The highest BCUT2D eigenvalue weighted by atomic mass is 16.5. The summed E-state index contributed by atoms with van der Waals surface area (Å²) >= 11 is 0. The van der Waals surface area contributed by atoms with Crippen molar-refractivity contribution in [3.8, 4) is 5.75 Å². The molecule has 0 aliphatic carbocycles. The molecule has 0 spiro atoms. The van der Waals surface area contributed by atoms with Crippen LogP contribution in [0.3, 0.4) is 0 Å². The Morgan fingerprint density at radius 1 is 1.11 bits per heavy atom. The van der Waals surface area contributed by atoms with Crippen LogP contribution in [0.5, 0.6) is 5.75 Å². The molecule has 2 aromatic carbocycles. The number of aromatic amines is 1. The van der Waals surface area contributed by atoms with Crippen molar-refractivity contribution in [1.29, 1.82) is 0 Å². The molecule has 1 aromatic heterocycles. The molecule has 7 heteroatoms. The Kier molecular flexibility index (Phi) is 5.40. The molecule has 3 aromatic rings. The van der Waals surface area contributed by atoms with Crippen molar-refractivity contribution < 1.29 is 18.7 Å². The second kappa shape index (κ2) is 7.90. The van der Waals surface area contributed by atoms with Gasteiger partial charge < -0.3 is 14.5 Å². The largest absolute Gasteiger partial charge is 0.491 e. The van der Waals surface area contributed by atoms with Crippen LogP contribution in [0.4, 0.5) is 5.69 Å². The Balaban J connectivity index is 1.54. The molecule has 7 nitrogen and oxygen atoms in total. The number of benzene rings is 2. The van der Waals surface area contributed by atoms with Crippen molar-refractivity contribution in [2.45, 2.75) is 32.8 Å². The van der Waals surface area contributed by atoms with Crippen LogP contribution in [0.25, 0.3) is 11.1 Å². The molecule has 1 amide bonds. The molecule has 0 atom stereocenters. The number of carbonyl (C=O) groups is 2. The summed E-state index contributed by atoms with van der Waals surface area (Å²) in [4.78, 5) is 38.0. The van der Waals surface area contributed by atoms with Crippen LogP contribution in [0.2, 0.25) is 0 Å². The number of nitrogens with one attached hydrogen (secondary N) is 2. The zero-order valence-corrected chi connectivity index (χ0v) is 15.1. The van der Waals surface area contributed by atoms with Gasteiger partial charge >= 0.3 is 5.76 Å². The predicted octanol–water partition coefficient (Wildman–Crippen LogP) is 3.51. The minimum absolute atomic E-state index is 0.0538. The smallest absolute Gasteiger partial charge is 0.417 e. The first kappa shape index (κ1) is 18.4. The lowest BCUT2D eigenvalue weighted by Gasteiger charge is -2.10. The quantitative estimate of drug-likeness (QED) is 0.622. The van der Waals surface area contributed by atoms with Crippen LogP contribution in [0, 0.1) is 0 Å². The number of hydrogen-bond acceptors (Lipinski definition) is 5. The number of aromatic nitrogens is 1. The monoisotopic (exact) mass is 368 g/mol. The molecule has 140 valence electrons. The van der Waals surface area contributed by atoms with E-state index in [1.54, 1.807) is 36.4 Å². The summed E-state index contributed by atoms with van der Waals surface area (Å²) in [6.45, 7) is 3.88. The van der Waals surface area contributed by atoms with E-state index in [2.05, 4.69) is 10.3 Å². The first-order chi connectivity index (χ1) is 12.9. The van der Waals surface area contributed by atoms with E-state index in [4.69, 9.17) is 9.15 Å². The van der Waals surface area contributed by atoms with Crippen molar-refractivity contribution >= 4 is 28.5 Å². The Morgan fingerprint density at radius 3 is 2.56 bits per heavy atom. The van der Waals surface area contributed by atoms with Crippen molar-refractivity contribution in [3.05, 3.63) is 58.6 Å². The van der Waals surface area contributed by atoms with Crippen LogP contribution in [-0.4, -0.2) is 22.8 Å². The van der Waals surface area contributed by atoms with Crippen LogP contribution in [0.1, 0.15) is 37.0 Å². The van der Waals surface area contributed by atoms with Gasteiger partial charge in [0.2, 0.25) is 5.91 Å². The molecule has 2 N–H and O–H groups in total. The highest BCUT2D eigenvalue weighted by Gasteiger charge is 2.12. The molecule has 0 fully saturated rings. The van der Waals surface area contributed by atoms with Crippen molar-refractivity contribution in [3.63, 3.8) is 0 Å². The van der Waals surface area contributed by atoms with Crippen molar-refractivity contribution in [2.24, 2.45) is 0 Å². The number of ketones is 1. The number of H-pyrrole nitrogens is 1. The lowest BCUT2D eigenvalue weighted by atomic mass is 10.1. The molecule has 27 heavy (non-hydrogen) atoms. The average Bonchev–Trinajstić information content (AvgIpc) is 3.00. The second-order valence-corrected chi connectivity index (χ2v) is 6.39. The number of amides is 1. The molecular weight excluding hydrogens is 348 g/mol. The Morgan fingerprint density at radius 2 is 1.85 bits per heavy atom. The van der Waals surface area contributed by atoms with Gasteiger partial charge in [-0.15, -0.1) is 0 Å². The molecular formula is C20H20N2O5. The first-order valence-electron chi connectivity index (χ1n) is 8.63. The Labute approximate surface area is 155 Å². The fraction of sp³-hybridized carbons (Fsp3) is 0.250. The highest BCUT2D eigenvalue weighted by molar-refractivity contribution is 6.01.